The van der Waals surface area contributed by atoms with Gasteiger partial charge in [0.15, 0.2) is 0 Å². The second-order valence-electron chi connectivity index (χ2n) is 7.55. The molecule has 1 aliphatic rings. The number of nitro groups is 1. The minimum absolute atomic E-state index is 0.148. The molecule has 0 bridgehead atoms. The Morgan fingerprint density at radius 1 is 1.21 bits per heavy atom. The number of rotatable bonds is 7. The molecule has 1 aliphatic heterocycles. The summed E-state index contributed by atoms with van der Waals surface area (Å²) >= 11 is 0. The number of benzene rings is 1. The predicted octanol–water partition coefficient (Wildman–Crippen LogP) is 3.72. The highest BCUT2D eigenvalue weighted by molar-refractivity contribution is 5.64. The summed E-state index contributed by atoms with van der Waals surface area (Å²) in [5.41, 5.74) is 1.21. The Morgan fingerprint density at radius 3 is 2.62 bits per heavy atom. The van der Waals surface area contributed by atoms with Crippen molar-refractivity contribution in [2.24, 2.45) is 7.05 Å². The van der Waals surface area contributed by atoms with E-state index in [1.807, 2.05) is 30.3 Å². The first-order valence-electron chi connectivity index (χ1n) is 10.8. The summed E-state index contributed by atoms with van der Waals surface area (Å²) in [6.45, 7) is 2.75. The lowest BCUT2D eigenvalue weighted by Gasteiger charge is -2.31. The van der Waals surface area contributed by atoms with Crippen LogP contribution in [0.1, 0.15) is 19.8 Å². The zero-order chi connectivity index (χ0) is 24.1. The number of piperidine rings is 1. The van der Waals surface area contributed by atoms with Crippen LogP contribution in [0.2, 0.25) is 0 Å². The first kappa shape index (κ1) is 23.0. The van der Waals surface area contributed by atoms with Gasteiger partial charge in [-0.2, -0.15) is 10.1 Å². The number of carbonyl (C=O) groups is 1. The second kappa shape index (κ2) is 10.1. The van der Waals surface area contributed by atoms with Crippen LogP contribution < -0.4 is 9.64 Å². The van der Waals surface area contributed by atoms with Gasteiger partial charge in [-0.3, -0.25) is 10.1 Å². The summed E-state index contributed by atoms with van der Waals surface area (Å²) in [5, 5.41) is 16.4. The number of hydrogen-bond donors (Lipinski definition) is 0. The molecule has 1 fully saturated rings. The van der Waals surface area contributed by atoms with E-state index in [1.54, 1.807) is 24.9 Å². The van der Waals surface area contributed by atoms with Crippen LogP contribution in [0.5, 0.6) is 11.8 Å². The lowest BCUT2D eigenvalue weighted by Crippen LogP contribution is -2.38. The van der Waals surface area contributed by atoms with Crippen LogP contribution in [0.25, 0.3) is 11.3 Å². The summed E-state index contributed by atoms with van der Waals surface area (Å²) in [6, 6.07) is 11.2. The molecule has 0 spiro atoms. The molecule has 0 unspecified atom stereocenters. The minimum atomic E-state index is -0.712. The van der Waals surface area contributed by atoms with E-state index < -0.39 is 11.1 Å². The molecule has 12 heteroatoms. The number of aromatic nitrogens is 4. The number of nitrogens with zero attached hydrogens (tertiary/aromatic N) is 6. The van der Waals surface area contributed by atoms with Gasteiger partial charge in [-0.1, -0.05) is 30.3 Å². The van der Waals surface area contributed by atoms with Crippen molar-refractivity contribution >= 4 is 17.7 Å². The fraction of sp³-hybridized carbons (Fsp3) is 0.364. The largest absolute Gasteiger partial charge is 0.508 e. The number of ether oxygens (including phenoxy) is 3. The molecule has 3 aromatic rings. The van der Waals surface area contributed by atoms with Crippen molar-refractivity contribution in [3.63, 3.8) is 0 Å². The Balaban J connectivity index is 1.53. The summed E-state index contributed by atoms with van der Waals surface area (Å²) < 4.78 is 17.4. The third-order valence-corrected chi connectivity index (χ3v) is 5.33. The first-order valence-corrected chi connectivity index (χ1v) is 10.8. The Hall–Kier alpha value is -4.22. The zero-order valence-corrected chi connectivity index (χ0v) is 18.8. The smallest absolute Gasteiger partial charge is 0.435 e. The van der Waals surface area contributed by atoms with E-state index in [0.29, 0.717) is 37.5 Å². The molecule has 0 saturated carbocycles. The van der Waals surface area contributed by atoms with Gasteiger partial charge in [0, 0.05) is 44.6 Å². The highest BCUT2D eigenvalue weighted by Gasteiger charge is 2.32. The topological polar surface area (TPSA) is 135 Å². The fourth-order valence-corrected chi connectivity index (χ4v) is 3.69. The molecule has 34 heavy (non-hydrogen) atoms. The van der Waals surface area contributed by atoms with E-state index in [4.69, 9.17) is 14.2 Å². The van der Waals surface area contributed by atoms with Gasteiger partial charge in [-0.15, -0.1) is 0 Å². The minimum Gasteiger partial charge on any atom is -0.435 e. The van der Waals surface area contributed by atoms with Gasteiger partial charge in [0.25, 0.3) is 0 Å². The van der Waals surface area contributed by atoms with Crippen LogP contribution >= 0.6 is 0 Å². The van der Waals surface area contributed by atoms with Crippen LogP contribution in [-0.4, -0.2) is 56.6 Å². The fourth-order valence-electron chi connectivity index (χ4n) is 3.69. The highest BCUT2D eigenvalue weighted by Crippen LogP contribution is 2.37. The molecule has 12 nitrogen and oxygen atoms in total. The summed E-state index contributed by atoms with van der Waals surface area (Å²) in [5.74, 6) is 0.269. The molecule has 0 atom stereocenters. The Morgan fingerprint density at radius 2 is 1.94 bits per heavy atom. The predicted molar refractivity (Wildman–Crippen MR) is 121 cm³/mol. The average molecular weight is 468 g/mol. The molecule has 0 aliphatic carbocycles. The summed E-state index contributed by atoms with van der Waals surface area (Å²) in [4.78, 5) is 32.9. The van der Waals surface area contributed by atoms with E-state index in [2.05, 4.69) is 15.1 Å². The molecule has 0 N–H and O–H groups in total. The molecule has 1 saturated heterocycles. The Bertz CT molecular complexity index is 1160. The van der Waals surface area contributed by atoms with Crippen molar-refractivity contribution in [1.29, 1.82) is 0 Å². The lowest BCUT2D eigenvalue weighted by molar-refractivity contribution is -0.385. The quantitative estimate of drug-likeness (QED) is 0.287. The van der Waals surface area contributed by atoms with Crippen molar-refractivity contribution in [2.75, 3.05) is 24.6 Å². The van der Waals surface area contributed by atoms with Crippen molar-refractivity contribution in [1.82, 2.24) is 19.7 Å². The van der Waals surface area contributed by atoms with Gasteiger partial charge < -0.3 is 19.1 Å². The molecule has 1 aromatic carbocycles. The van der Waals surface area contributed by atoms with E-state index in [9.17, 15) is 14.9 Å². The van der Waals surface area contributed by atoms with Gasteiger partial charge >= 0.3 is 17.7 Å². The Labute approximate surface area is 195 Å². The molecular weight excluding hydrogens is 444 g/mol. The monoisotopic (exact) mass is 468 g/mol. The van der Waals surface area contributed by atoms with Crippen LogP contribution in [-0.2, 0) is 16.5 Å². The molecule has 0 amide bonds. The maximum atomic E-state index is 12.0. The van der Waals surface area contributed by atoms with E-state index in [0.717, 1.165) is 5.56 Å². The SMILES string of the molecule is CCOC(=O)OC1CCN(c2ncnc(Oc3cc(-c4ccccc4)nn3C)c2[N+](=O)[O-])CC1. The van der Waals surface area contributed by atoms with E-state index in [-0.39, 0.29) is 30.1 Å². The van der Waals surface area contributed by atoms with Gasteiger partial charge in [0.2, 0.25) is 11.7 Å². The van der Waals surface area contributed by atoms with Gasteiger partial charge in [-0.05, 0) is 6.92 Å². The number of carbonyl (C=O) groups excluding carboxylic acids is 1. The highest BCUT2D eigenvalue weighted by atomic mass is 16.7. The standard InChI is InChI=1S/C22H24N6O6/c1-3-32-22(29)33-16-9-11-27(12-10-16)20-19(28(30)31)21(24-14-23-20)34-18-13-17(25-26(18)2)15-7-5-4-6-8-15/h4-8,13-14,16H,3,9-12H2,1-2H3. The van der Waals surface area contributed by atoms with E-state index in [1.165, 1.54) is 11.0 Å². The van der Waals surface area contributed by atoms with Crippen LogP contribution in [0.3, 0.4) is 0 Å². The second-order valence-corrected chi connectivity index (χ2v) is 7.55. The summed E-state index contributed by atoms with van der Waals surface area (Å²) in [6.07, 6.45) is 1.16. The summed E-state index contributed by atoms with van der Waals surface area (Å²) in [7, 11) is 1.68. The van der Waals surface area contributed by atoms with Crippen molar-refractivity contribution in [3.05, 3.63) is 52.8 Å². The van der Waals surface area contributed by atoms with Crippen molar-refractivity contribution in [3.8, 4) is 23.0 Å². The molecule has 0 radical (unpaired) electrons. The van der Waals surface area contributed by atoms with Crippen LogP contribution in [0.4, 0.5) is 16.3 Å². The van der Waals surface area contributed by atoms with Gasteiger partial charge in [0.05, 0.1) is 17.2 Å². The normalized spacial score (nSPS) is 14.0. The number of aryl methyl sites for hydroxylation is 1. The third kappa shape index (κ3) is 5.05. The Kier molecular flexibility index (Phi) is 6.85. The van der Waals surface area contributed by atoms with Crippen molar-refractivity contribution in [2.45, 2.75) is 25.9 Å². The molecular formula is C22H24N6O6. The first-order chi connectivity index (χ1) is 16.5. The van der Waals surface area contributed by atoms with Crippen LogP contribution in [0.15, 0.2) is 42.7 Å². The third-order valence-electron chi connectivity index (χ3n) is 5.33. The lowest BCUT2D eigenvalue weighted by atomic mass is 10.1. The van der Waals surface area contributed by atoms with E-state index >= 15 is 0 Å². The van der Waals surface area contributed by atoms with Crippen LogP contribution in [0, 0.1) is 10.1 Å². The maximum Gasteiger partial charge on any atom is 0.508 e. The molecule has 4 rings (SSSR count). The number of anilines is 1. The number of hydrogen-bond acceptors (Lipinski definition) is 10. The van der Waals surface area contributed by atoms with Gasteiger partial charge in [0.1, 0.15) is 12.4 Å². The molecule has 178 valence electrons. The van der Waals surface area contributed by atoms with Crippen molar-refractivity contribution < 1.29 is 23.9 Å². The van der Waals surface area contributed by atoms with Gasteiger partial charge in [-0.25, -0.2) is 14.5 Å². The molecule has 2 aromatic heterocycles. The molecule has 3 heterocycles. The zero-order valence-electron chi connectivity index (χ0n) is 18.8. The average Bonchev–Trinajstić information content (AvgIpc) is 3.20. The maximum absolute atomic E-state index is 12.0.